The second kappa shape index (κ2) is 11.5. The Morgan fingerprint density at radius 2 is 1.68 bits per heavy atom. The largest absolute Gasteiger partial charge is 0.494 e. The first-order valence-corrected chi connectivity index (χ1v) is 9.44. The first-order valence-electron chi connectivity index (χ1n) is 9.06. The van der Waals surface area contributed by atoms with E-state index in [-0.39, 0.29) is 0 Å². The Kier molecular flexibility index (Phi) is 8.92. The van der Waals surface area contributed by atoms with Gasteiger partial charge in [0.1, 0.15) is 5.75 Å². The third-order valence-corrected chi connectivity index (χ3v) is 4.25. The van der Waals surface area contributed by atoms with Crippen molar-refractivity contribution in [1.82, 2.24) is 0 Å². The fourth-order valence-corrected chi connectivity index (χ4v) is 2.63. The van der Waals surface area contributed by atoms with Gasteiger partial charge in [-0.2, -0.15) is 5.10 Å². The van der Waals surface area contributed by atoms with Crippen molar-refractivity contribution in [2.45, 2.75) is 45.4 Å². The zero-order valence-electron chi connectivity index (χ0n) is 14.9. The maximum absolute atomic E-state index is 6.07. The molecule has 0 spiro atoms. The summed E-state index contributed by atoms with van der Waals surface area (Å²) in [5.74, 6) is 0.907. The summed E-state index contributed by atoms with van der Waals surface area (Å²) in [6.07, 6.45) is 9.42. The highest BCUT2D eigenvalue weighted by molar-refractivity contribution is 6.33. The molecule has 4 heteroatoms. The average molecular weight is 359 g/mol. The van der Waals surface area contributed by atoms with E-state index < -0.39 is 0 Å². The summed E-state index contributed by atoms with van der Waals surface area (Å²) in [4.78, 5) is 0. The van der Waals surface area contributed by atoms with Gasteiger partial charge in [0.15, 0.2) is 0 Å². The molecule has 0 amide bonds. The van der Waals surface area contributed by atoms with E-state index in [1.807, 2.05) is 48.5 Å². The van der Waals surface area contributed by atoms with Gasteiger partial charge in [0.05, 0.1) is 23.5 Å². The van der Waals surface area contributed by atoms with Crippen LogP contribution in [-0.4, -0.2) is 12.8 Å². The summed E-state index contributed by atoms with van der Waals surface area (Å²) in [6, 6.07) is 15.5. The number of hydrazone groups is 1. The molecule has 0 saturated carbocycles. The van der Waals surface area contributed by atoms with Crippen molar-refractivity contribution in [2.75, 3.05) is 12.0 Å². The quantitative estimate of drug-likeness (QED) is 0.281. The van der Waals surface area contributed by atoms with E-state index in [0.29, 0.717) is 5.02 Å². The predicted molar refractivity (Wildman–Crippen MR) is 108 cm³/mol. The topological polar surface area (TPSA) is 33.6 Å². The normalized spacial score (nSPS) is 11.0. The number of benzene rings is 2. The van der Waals surface area contributed by atoms with Crippen LogP contribution in [0, 0.1) is 0 Å². The van der Waals surface area contributed by atoms with Crippen LogP contribution in [0.15, 0.2) is 53.6 Å². The lowest BCUT2D eigenvalue weighted by Crippen LogP contribution is -1.97. The SMILES string of the molecule is CCCCCCCCOc1ccc(/C=N\Nc2ccccc2Cl)cc1. The van der Waals surface area contributed by atoms with E-state index in [0.717, 1.165) is 30.0 Å². The van der Waals surface area contributed by atoms with Crippen molar-refractivity contribution in [1.29, 1.82) is 0 Å². The summed E-state index contributed by atoms with van der Waals surface area (Å²) in [7, 11) is 0. The Bertz CT molecular complexity index is 641. The van der Waals surface area contributed by atoms with Gasteiger partial charge < -0.3 is 4.74 Å². The Labute approximate surface area is 156 Å². The molecule has 0 unspecified atom stereocenters. The molecule has 0 radical (unpaired) electrons. The third-order valence-electron chi connectivity index (χ3n) is 3.92. The number of anilines is 1. The van der Waals surface area contributed by atoms with Crippen LogP contribution in [-0.2, 0) is 0 Å². The first-order chi connectivity index (χ1) is 12.3. The first kappa shape index (κ1) is 19.3. The molecular formula is C21H27ClN2O. The molecule has 3 nitrogen and oxygen atoms in total. The monoisotopic (exact) mass is 358 g/mol. The van der Waals surface area contributed by atoms with Gasteiger partial charge in [0, 0.05) is 0 Å². The van der Waals surface area contributed by atoms with Crippen LogP contribution in [0.2, 0.25) is 5.02 Å². The fraction of sp³-hybridized carbons (Fsp3) is 0.381. The van der Waals surface area contributed by atoms with E-state index in [1.54, 1.807) is 6.21 Å². The highest BCUT2D eigenvalue weighted by atomic mass is 35.5. The smallest absolute Gasteiger partial charge is 0.119 e. The number of halogens is 1. The van der Waals surface area contributed by atoms with Crippen LogP contribution in [0.1, 0.15) is 51.0 Å². The van der Waals surface area contributed by atoms with E-state index in [2.05, 4.69) is 17.5 Å². The standard InChI is InChI=1S/C21H27ClN2O/c1-2-3-4-5-6-9-16-25-19-14-12-18(13-15-19)17-23-24-21-11-8-7-10-20(21)22/h7-8,10-15,17,24H,2-6,9,16H2,1H3/b23-17-. The lowest BCUT2D eigenvalue weighted by atomic mass is 10.1. The number of para-hydroxylation sites is 1. The summed E-state index contributed by atoms with van der Waals surface area (Å²) in [6.45, 7) is 3.03. The molecule has 0 saturated heterocycles. The maximum Gasteiger partial charge on any atom is 0.119 e. The molecule has 0 aliphatic rings. The Hall–Kier alpha value is -2.00. The van der Waals surface area contributed by atoms with Crippen LogP contribution in [0.25, 0.3) is 0 Å². The van der Waals surface area contributed by atoms with Crippen LogP contribution in [0.4, 0.5) is 5.69 Å². The number of nitrogens with zero attached hydrogens (tertiary/aromatic N) is 1. The predicted octanol–water partition coefficient (Wildman–Crippen LogP) is 6.53. The molecule has 2 aromatic rings. The average Bonchev–Trinajstić information content (AvgIpc) is 2.64. The Morgan fingerprint density at radius 1 is 0.960 bits per heavy atom. The van der Waals surface area contributed by atoms with Crippen molar-refractivity contribution in [3.63, 3.8) is 0 Å². The third kappa shape index (κ3) is 7.61. The van der Waals surface area contributed by atoms with Gasteiger partial charge >= 0.3 is 0 Å². The molecule has 0 aliphatic carbocycles. The van der Waals surface area contributed by atoms with Gasteiger partial charge in [-0.15, -0.1) is 0 Å². The highest BCUT2D eigenvalue weighted by Gasteiger charge is 1.97. The number of unbranched alkanes of at least 4 members (excludes halogenated alkanes) is 5. The zero-order chi connectivity index (χ0) is 17.7. The molecule has 25 heavy (non-hydrogen) atoms. The van der Waals surface area contributed by atoms with Gasteiger partial charge in [-0.05, 0) is 48.4 Å². The second-order valence-electron chi connectivity index (χ2n) is 6.04. The zero-order valence-corrected chi connectivity index (χ0v) is 15.6. The van der Waals surface area contributed by atoms with E-state index >= 15 is 0 Å². The minimum atomic E-state index is 0.651. The van der Waals surface area contributed by atoms with Crippen LogP contribution < -0.4 is 10.2 Å². The summed E-state index contributed by atoms with van der Waals surface area (Å²) >= 11 is 6.07. The van der Waals surface area contributed by atoms with E-state index in [4.69, 9.17) is 16.3 Å². The van der Waals surface area contributed by atoms with E-state index in [1.165, 1.54) is 32.1 Å². The molecule has 0 aliphatic heterocycles. The van der Waals surface area contributed by atoms with Crippen molar-refractivity contribution in [3.05, 3.63) is 59.1 Å². The summed E-state index contributed by atoms with van der Waals surface area (Å²) in [5, 5.41) is 4.86. The molecule has 2 aromatic carbocycles. The lowest BCUT2D eigenvalue weighted by Gasteiger charge is -2.06. The number of hydrogen-bond donors (Lipinski definition) is 1. The second-order valence-corrected chi connectivity index (χ2v) is 6.44. The highest BCUT2D eigenvalue weighted by Crippen LogP contribution is 2.20. The molecule has 2 rings (SSSR count). The molecule has 0 atom stereocenters. The van der Waals surface area contributed by atoms with Crippen LogP contribution in [0.5, 0.6) is 5.75 Å². The Morgan fingerprint density at radius 3 is 2.44 bits per heavy atom. The van der Waals surface area contributed by atoms with Crippen molar-refractivity contribution in [2.24, 2.45) is 5.10 Å². The van der Waals surface area contributed by atoms with Gasteiger partial charge in [0.25, 0.3) is 0 Å². The molecule has 0 fully saturated rings. The van der Waals surface area contributed by atoms with Crippen LogP contribution >= 0.6 is 11.6 Å². The van der Waals surface area contributed by atoms with Crippen molar-refractivity contribution in [3.8, 4) is 5.75 Å². The minimum absolute atomic E-state index is 0.651. The number of hydrogen-bond acceptors (Lipinski definition) is 3. The van der Waals surface area contributed by atoms with Crippen molar-refractivity contribution < 1.29 is 4.74 Å². The maximum atomic E-state index is 6.07. The number of rotatable bonds is 11. The minimum Gasteiger partial charge on any atom is -0.494 e. The molecular weight excluding hydrogens is 332 g/mol. The summed E-state index contributed by atoms with van der Waals surface area (Å²) in [5.41, 5.74) is 4.74. The number of ether oxygens (including phenoxy) is 1. The fourth-order valence-electron chi connectivity index (χ4n) is 2.45. The van der Waals surface area contributed by atoms with Gasteiger partial charge in [-0.1, -0.05) is 62.8 Å². The van der Waals surface area contributed by atoms with E-state index in [9.17, 15) is 0 Å². The van der Waals surface area contributed by atoms with Crippen molar-refractivity contribution >= 4 is 23.5 Å². The van der Waals surface area contributed by atoms with Gasteiger partial charge in [-0.3, -0.25) is 5.43 Å². The Balaban J connectivity index is 1.69. The lowest BCUT2D eigenvalue weighted by molar-refractivity contribution is 0.304. The molecule has 0 heterocycles. The number of nitrogens with one attached hydrogen (secondary N) is 1. The summed E-state index contributed by atoms with van der Waals surface area (Å²) < 4.78 is 5.78. The van der Waals surface area contributed by atoms with Gasteiger partial charge in [-0.25, -0.2) is 0 Å². The molecule has 134 valence electrons. The van der Waals surface area contributed by atoms with Crippen LogP contribution in [0.3, 0.4) is 0 Å². The molecule has 0 bridgehead atoms. The molecule has 0 aromatic heterocycles. The van der Waals surface area contributed by atoms with Gasteiger partial charge in [0.2, 0.25) is 0 Å². The molecule has 1 N–H and O–H groups in total.